The minimum atomic E-state index is -0.229. The molecule has 3 aromatic rings. The van der Waals surface area contributed by atoms with Crippen molar-refractivity contribution in [2.24, 2.45) is 10.9 Å². The number of nitrogens with zero attached hydrogens (tertiary/aromatic N) is 4. The normalized spacial score (nSPS) is 15.2. The molecule has 0 saturated carbocycles. The monoisotopic (exact) mass is 488 g/mol. The molecule has 1 aliphatic heterocycles. The zero-order chi connectivity index (χ0) is 22.7. The van der Waals surface area contributed by atoms with E-state index >= 15 is 0 Å². The van der Waals surface area contributed by atoms with Gasteiger partial charge in [-0.25, -0.2) is 4.99 Å². The van der Waals surface area contributed by atoms with Gasteiger partial charge in [0.1, 0.15) is 11.4 Å². The van der Waals surface area contributed by atoms with Crippen molar-refractivity contribution in [3.63, 3.8) is 0 Å². The minimum absolute atomic E-state index is 0.229. The van der Waals surface area contributed by atoms with Crippen molar-refractivity contribution in [3.05, 3.63) is 63.0 Å². The smallest absolute Gasteiger partial charge is 0.283 e. The Hall–Kier alpha value is -2.62. The third-order valence-corrected chi connectivity index (χ3v) is 6.51. The van der Waals surface area contributed by atoms with Crippen LogP contribution in [-0.4, -0.2) is 28.3 Å². The van der Waals surface area contributed by atoms with Gasteiger partial charge in [0.15, 0.2) is 11.0 Å². The van der Waals surface area contributed by atoms with E-state index in [-0.39, 0.29) is 5.91 Å². The molecule has 0 unspecified atom stereocenters. The van der Waals surface area contributed by atoms with Gasteiger partial charge in [0.2, 0.25) is 5.89 Å². The van der Waals surface area contributed by atoms with Gasteiger partial charge in [-0.1, -0.05) is 48.4 Å². The Balaban J connectivity index is 1.61. The molecule has 0 fully saturated rings. The molecule has 0 N–H and O–H groups in total. The highest BCUT2D eigenvalue weighted by Gasteiger charge is 2.33. The predicted molar refractivity (Wildman–Crippen MR) is 129 cm³/mol. The number of amidine groups is 1. The lowest BCUT2D eigenvalue weighted by atomic mass is 10.1. The quantitative estimate of drug-likeness (QED) is 0.398. The Bertz CT molecular complexity index is 1170. The Morgan fingerprint density at radius 1 is 1.34 bits per heavy atom. The summed E-state index contributed by atoms with van der Waals surface area (Å²) in [7, 11) is 1.55. The van der Waals surface area contributed by atoms with Crippen LogP contribution in [0.1, 0.15) is 30.4 Å². The number of carbonyl (C=O) groups is 1. The molecule has 0 aliphatic carbocycles. The van der Waals surface area contributed by atoms with E-state index in [1.807, 2.05) is 17.5 Å². The second-order valence-electron chi connectivity index (χ2n) is 7.39. The summed E-state index contributed by atoms with van der Waals surface area (Å²) in [4.78, 5) is 24.8. The lowest BCUT2D eigenvalue weighted by molar-refractivity contribution is -0.113. The molecule has 10 heteroatoms. The van der Waals surface area contributed by atoms with Gasteiger partial charge >= 0.3 is 0 Å². The number of rotatable bonds is 7. The van der Waals surface area contributed by atoms with Crippen molar-refractivity contribution < 1.29 is 14.1 Å². The third-order valence-electron chi connectivity index (χ3n) is 4.47. The SMILES string of the molecule is COc1ccc(N2C(=O)C(=Cc3cccs3)N=C2SCc2nc(CC(C)C)no2)cc1Cl. The number of benzene rings is 1. The lowest BCUT2D eigenvalue weighted by Crippen LogP contribution is -2.30. The number of hydrogen-bond donors (Lipinski definition) is 0. The van der Waals surface area contributed by atoms with E-state index in [0.717, 1.165) is 11.3 Å². The van der Waals surface area contributed by atoms with Crippen LogP contribution < -0.4 is 9.64 Å². The van der Waals surface area contributed by atoms with Gasteiger partial charge in [-0.05, 0) is 41.6 Å². The maximum absolute atomic E-state index is 13.3. The molecule has 2 aromatic heterocycles. The number of methoxy groups -OCH3 is 1. The van der Waals surface area contributed by atoms with E-state index in [4.69, 9.17) is 20.9 Å². The molecule has 0 radical (unpaired) electrons. The Kier molecular flexibility index (Phi) is 6.98. The van der Waals surface area contributed by atoms with Crippen molar-refractivity contribution in [2.75, 3.05) is 12.0 Å². The fourth-order valence-electron chi connectivity index (χ4n) is 3.05. The molecule has 1 amide bonds. The van der Waals surface area contributed by atoms with E-state index in [1.54, 1.807) is 47.6 Å². The van der Waals surface area contributed by atoms with Crippen molar-refractivity contribution in [1.82, 2.24) is 10.1 Å². The molecule has 0 saturated heterocycles. The molecule has 3 heterocycles. The summed E-state index contributed by atoms with van der Waals surface area (Å²) in [5.74, 6) is 2.30. The first-order valence-electron chi connectivity index (χ1n) is 9.90. The number of ether oxygens (including phenoxy) is 1. The van der Waals surface area contributed by atoms with Crippen LogP contribution in [0.4, 0.5) is 5.69 Å². The van der Waals surface area contributed by atoms with E-state index < -0.39 is 0 Å². The molecule has 1 aliphatic rings. The Labute approximate surface area is 199 Å². The maximum atomic E-state index is 13.3. The van der Waals surface area contributed by atoms with E-state index in [9.17, 15) is 4.79 Å². The third kappa shape index (κ3) is 5.06. The molecule has 0 spiro atoms. The molecule has 0 atom stereocenters. The summed E-state index contributed by atoms with van der Waals surface area (Å²) >= 11 is 9.21. The van der Waals surface area contributed by atoms with Crippen molar-refractivity contribution >= 4 is 57.5 Å². The number of halogens is 1. The summed E-state index contributed by atoms with van der Waals surface area (Å²) in [6.07, 6.45) is 2.53. The first kappa shape index (κ1) is 22.6. The Morgan fingerprint density at radius 2 is 2.19 bits per heavy atom. The van der Waals surface area contributed by atoms with Gasteiger partial charge < -0.3 is 9.26 Å². The van der Waals surface area contributed by atoms with Gasteiger partial charge in [-0.15, -0.1) is 11.3 Å². The fourth-order valence-corrected chi connectivity index (χ4v) is 4.80. The van der Waals surface area contributed by atoms with Crippen LogP contribution in [0, 0.1) is 5.92 Å². The fraction of sp³-hybridized carbons (Fsp3) is 0.273. The van der Waals surface area contributed by atoms with Crippen LogP contribution in [0.15, 0.2) is 50.9 Å². The van der Waals surface area contributed by atoms with Crippen LogP contribution in [0.25, 0.3) is 6.08 Å². The van der Waals surface area contributed by atoms with Crippen LogP contribution in [-0.2, 0) is 17.0 Å². The summed E-state index contributed by atoms with van der Waals surface area (Å²) < 4.78 is 10.6. The van der Waals surface area contributed by atoms with E-state index in [2.05, 4.69) is 29.0 Å². The first-order chi connectivity index (χ1) is 15.4. The predicted octanol–water partition coefficient (Wildman–Crippen LogP) is 5.67. The van der Waals surface area contributed by atoms with Gasteiger partial charge in [0.05, 0.1) is 23.6 Å². The highest BCUT2D eigenvalue weighted by Crippen LogP contribution is 2.35. The standard InChI is InChI=1S/C22H21ClN4O3S2/c1-13(2)9-19-25-20(30-26-19)12-32-22-24-17(11-15-5-4-8-31-15)21(28)27(22)14-6-7-18(29-3)16(23)10-14/h4-8,10-11,13H,9,12H2,1-3H3. The van der Waals surface area contributed by atoms with Crippen LogP contribution in [0.5, 0.6) is 5.75 Å². The zero-order valence-electron chi connectivity index (χ0n) is 17.7. The summed E-state index contributed by atoms with van der Waals surface area (Å²) in [5.41, 5.74) is 0.959. The first-order valence-corrected chi connectivity index (χ1v) is 12.1. The summed E-state index contributed by atoms with van der Waals surface area (Å²) in [6, 6.07) is 9.07. The maximum Gasteiger partial charge on any atom is 0.283 e. The average Bonchev–Trinajstić information content (AvgIpc) is 3.48. The number of aliphatic imine (C=N–C) groups is 1. The molecule has 32 heavy (non-hydrogen) atoms. The van der Waals surface area contributed by atoms with Crippen LogP contribution in [0.3, 0.4) is 0 Å². The second kappa shape index (κ2) is 9.89. The Morgan fingerprint density at radius 3 is 2.88 bits per heavy atom. The number of hydrogen-bond acceptors (Lipinski definition) is 8. The number of carbonyl (C=O) groups excluding carboxylic acids is 1. The number of anilines is 1. The van der Waals surface area contributed by atoms with Crippen LogP contribution >= 0.6 is 34.7 Å². The van der Waals surface area contributed by atoms with Gasteiger partial charge in [-0.3, -0.25) is 9.69 Å². The van der Waals surface area contributed by atoms with Gasteiger partial charge in [0, 0.05) is 11.3 Å². The second-order valence-corrected chi connectivity index (χ2v) is 9.72. The molecule has 4 rings (SSSR count). The van der Waals surface area contributed by atoms with Crippen molar-refractivity contribution in [2.45, 2.75) is 26.0 Å². The highest BCUT2D eigenvalue weighted by atomic mass is 35.5. The van der Waals surface area contributed by atoms with Crippen LogP contribution in [0.2, 0.25) is 5.02 Å². The zero-order valence-corrected chi connectivity index (χ0v) is 20.1. The molecular formula is C22H21ClN4O3S2. The number of thiophene rings is 1. The highest BCUT2D eigenvalue weighted by molar-refractivity contribution is 8.13. The van der Waals surface area contributed by atoms with E-state index in [1.165, 1.54) is 11.8 Å². The van der Waals surface area contributed by atoms with Gasteiger partial charge in [0.25, 0.3) is 5.91 Å². The van der Waals surface area contributed by atoms with E-state index in [0.29, 0.717) is 50.7 Å². The number of amides is 1. The van der Waals surface area contributed by atoms with Crippen molar-refractivity contribution in [3.8, 4) is 5.75 Å². The molecule has 7 nitrogen and oxygen atoms in total. The number of aromatic nitrogens is 2. The van der Waals surface area contributed by atoms with Crippen molar-refractivity contribution in [1.29, 1.82) is 0 Å². The summed E-state index contributed by atoms with van der Waals surface area (Å²) in [6.45, 7) is 4.20. The molecule has 0 bridgehead atoms. The average molecular weight is 489 g/mol. The van der Waals surface area contributed by atoms with Gasteiger partial charge in [-0.2, -0.15) is 4.98 Å². The number of thioether (sulfide) groups is 1. The molecule has 166 valence electrons. The lowest BCUT2D eigenvalue weighted by Gasteiger charge is -2.18. The largest absolute Gasteiger partial charge is 0.495 e. The minimum Gasteiger partial charge on any atom is -0.495 e. The molecule has 1 aromatic carbocycles. The summed E-state index contributed by atoms with van der Waals surface area (Å²) in [5, 5.41) is 6.91. The topological polar surface area (TPSA) is 80.8 Å². The molecular weight excluding hydrogens is 468 g/mol.